The molecule has 2 rings (SSSR count). The predicted octanol–water partition coefficient (Wildman–Crippen LogP) is 0.391. The van der Waals surface area contributed by atoms with Crippen LogP contribution in [0.25, 0.3) is 0 Å². The third-order valence-corrected chi connectivity index (χ3v) is 2.32. The average molecular weight is 256 g/mol. The van der Waals surface area contributed by atoms with E-state index >= 15 is 0 Å². The SMILES string of the molecule is N#Cc1ccccc1N=Cc1c(O)[nH]c(=O)[nH]c1=O. The number of aliphatic imine (C=N–C) groups is 1. The summed E-state index contributed by atoms with van der Waals surface area (Å²) >= 11 is 0. The first-order chi connectivity index (χ1) is 9.11. The molecule has 1 aromatic heterocycles. The Bertz CT molecular complexity index is 796. The lowest BCUT2D eigenvalue weighted by molar-refractivity contribution is 0.447. The maximum Gasteiger partial charge on any atom is 0.328 e. The smallest absolute Gasteiger partial charge is 0.328 e. The van der Waals surface area contributed by atoms with Crippen LogP contribution in [0.2, 0.25) is 0 Å². The molecule has 1 heterocycles. The first-order valence-corrected chi connectivity index (χ1v) is 5.20. The van der Waals surface area contributed by atoms with Crippen LogP contribution in [0, 0.1) is 11.3 Å². The van der Waals surface area contributed by atoms with Crippen LogP contribution in [-0.4, -0.2) is 21.3 Å². The van der Waals surface area contributed by atoms with Gasteiger partial charge in [0.05, 0.1) is 11.3 Å². The predicted molar refractivity (Wildman–Crippen MR) is 67.8 cm³/mol. The Morgan fingerprint density at radius 3 is 2.68 bits per heavy atom. The fourth-order valence-corrected chi connectivity index (χ4v) is 1.42. The lowest BCUT2D eigenvalue weighted by Gasteiger charge is -1.97. The lowest BCUT2D eigenvalue weighted by atomic mass is 10.2. The molecule has 0 fully saturated rings. The number of aromatic hydroxyl groups is 1. The second-order valence-corrected chi connectivity index (χ2v) is 3.56. The summed E-state index contributed by atoms with van der Waals surface area (Å²) in [6, 6.07) is 8.48. The van der Waals surface area contributed by atoms with Crippen LogP contribution < -0.4 is 11.2 Å². The van der Waals surface area contributed by atoms with Gasteiger partial charge in [-0.2, -0.15) is 5.26 Å². The first kappa shape index (κ1) is 12.3. The molecule has 0 aliphatic carbocycles. The van der Waals surface area contributed by atoms with Gasteiger partial charge in [0.1, 0.15) is 11.6 Å². The number of aromatic amines is 2. The van der Waals surface area contributed by atoms with Crippen LogP contribution in [0.4, 0.5) is 5.69 Å². The average Bonchev–Trinajstić information content (AvgIpc) is 2.38. The van der Waals surface area contributed by atoms with E-state index in [0.29, 0.717) is 11.3 Å². The minimum Gasteiger partial charge on any atom is -0.494 e. The summed E-state index contributed by atoms with van der Waals surface area (Å²) in [6.07, 6.45) is 1.08. The van der Waals surface area contributed by atoms with Crippen molar-refractivity contribution in [2.45, 2.75) is 0 Å². The van der Waals surface area contributed by atoms with Gasteiger partial charge in [-0.05, 0) is 12.1 Å². The maximum absolute atomic E-state index is 11.4. The number of para-hydroxylation sites is 1. The number of nitriles is 1. The summed E-state index contributed by atoms with van der Waals surface area (Å²) in [4.78, 5) is 30.3. The molecular formula is C12H8N4O3. The van der Waals surface area contributed by atoms with Gasteiger partial charge in [0, 0.05) is 6.21 Å². The zero-order chi connectivity index (χ0) is 13.8. The number of aromatic nitrogens is 2. The summed E-state index contributed by atoms with van der Waals surface area (Å²) in [7, 11) is 0. The van der Waals surface area contributed by atoms with Gasteiger partial charge in [0.2, 0.25) is 5.88 Å². The number of hydrogen-bond donors (Lipinski definition) is 3. The van der Waals surface area contributed by atoms with Crippen LogP contribution in [0.3, 0.4) is 0 Å². The normalized spacial score (nSPS) is 10.5. The molecule has 0 unspecified atom stereocenters. The van der Waals surface area contributed by atoms with Gasteiger partial charge >= 0.3 is 5.69 Å². The highest BCUT2D eigenvalue weighted by Gasteiger charge is 2.06. The maximum atomic E-state index is 11.4. The Morgan fingerprint density at radius 1 is 1.26 bits per heavy atom. The summed E-state index contributed by atoms with van der Waals surface area (Å²) in [6.45, 7) is 0. The summed E-state index contributed by atoms with van der Waals surface area (Å²) in [5.74, 6) is -0.577. The van der Waals surface area contributed by atoms with E-state index in [0.717, 1.165) is 6.21 Å². The van der Waals surface area contributed by atoms with Gasteiger partial charge in [0.25, 0.3) is 5.56 Å². The zero-order valence-corrected chi connectivity index (χ0v) is 9.54. The van der Waals surface area contributed by atoms with Gasteiger partial charge in [0.15, 0.2) is 0 Å². The van der Waals surface area contributed by atoms with Gasteiger partial charge in [-0.1, -0.05) is 12.1 Å². The third-order valence-electron chi connectivity index (χ3n) is 2.32. The molecule has 2 aromatic rings. The molecule has 0 atom stereocenters. The zero-order valence-electron chi connectivity index (χ0n) is 9.54. The van der Waals surface area contributed by atoms with Crippen molar-refractivity contribution in [1.82, 2.24) is 9.97 Å². The van der Waals surface area contributed by atoms with E-state index in [-0.39, 0.29) is 5.56 Å². The Labute approximate surface area is 106 Å². The second kappa shape index (κ2) is 5.01. The topological polar surface area (TPSA) is 122 Å². The molecular weight excluding hydrogens is 248 g/mol. The Balaban J connectivity index is 2.48. The molecule has 0 amide bonds. The Morgan fingerprint density at radius 2 is 2.00 bits per heavy atom. The van der Waals surface area contributed by atoms with E-state index in [9.17, 15) is 14.7 Å². The monoisotopic (exact) mass is 256 g/mol. The number of H-pyrrole nitrogens is 2. The standard InChI is InChI=1S/C12H8N4O3/c13-5-7-3-1-2-4-9(7)14-6-8-10(17)15-12(19)16-11(8)18/h1-4,6H,(H3,15,16,17,18,19). The summed E-state index contributed by atoms with van der Waals surface area (Å²) < 4.78 is 0. The molecule has 19 heavy (non-hydrogen) atoms. The van der Waals surface area contributed by atoms with E-state index in [1.807, 2.05) is 16.0 Å². The highest BCUT2D eigenvalue weighted by molar-refractivity contribution is 5.84. The molecule has 1 aromatic carbocycles. The Kier molecular flexibility index (Phi) is 3.25. The minimum absolute atomic E-state index is 0.188. The third kappa shape index (κ3) is 2.58. The number of nitrogens with one attached hydrogen (secondary N) is 2. The Hall–Kier alpha value is -3.14. The molecule has 0 saturated carbocycles. The molecule has 0 aliphatic rings. The minimum atomic E-state index is -0.808. The van der Waals surface area contributed by atoms with Gasteiger partial charge < -0.3 is 5.11 Å². The van der Waals surface area contributed by atoms with Crippen molar-refractivity contribution >= 4 is 11.9 Å². The largest absolute Gasteiger partial charge is 0.494 e. The quantitative estimate of drug-likeness (QED) is 0.672. The van der Waals surface area contributed by atoms with Crippen molar-refractivity contribution in [3.63, 3.8) is 0 Å². The van der Waals surface area contributed by atoms with E-state index in [2.05, 4.69) is 4.99 Å². The molecule has 94 valence electrons. The van der Waals surface area contributed by atoms with Gasteiger partial charge in [-0.15, -0.1) is 0 Å². The molecule has 7 heteroatoms. The van der Waals surface area contributed by atoms with Crippen molar-refractivity contribution in [2.24, 2.45) is 4.99 Å². The number of nitrogens with zero attached hydrogens (tertiary/aromatic N) is 2. The van der Waals surface area contributed by atoms with Crippen LogP contribution in [-0.2, 0) is 0 Å². The highest BCUT2D eigenvalue weighted by Crippen LogP contribution is 2.17. The number of rotatable bonds is 2. The van der Waals surface area contributed by atoms with Crippen molar-refractivity contribution in [3.8, 4) is 11.9 Å². The van der Waals surface area contributed by atoms with Gasteiger partial charge in [-0.3, -0.25) is 19.8 Å². The van der Waals surface area contributed by atoms with Crippen LogP contribution in [0.5, 0.6) is 5.88 Å². The molecule has 0 spiro atoms. The summed E-state index contributed by atoms with van der Waals surface area (Å²) in [5.41, 5.74) is -1.07. The fraction of sp³-hybridized carbons (Fsp3) is 0. The molecule has 0 aliphatic heterocycles. The molecule has 0 saturated heterocycles. The molecule has 0 bridgehead atoms. The first-order valence-electron chi connectivity index (χ1n) is 5.20. The fourth-order valence-electron chi connectivity index (χ4n) is 1.42. The van der Waals surface area contributed by atoms with Crippen molar-refractivity contribution in [2.75, 3.05) is 0 Å². The lowest BCUT2D eigenvalue weighted by Crippen LogP contribution is -2.24. The van der Waals surface area contributed by atoms with E-state index < -0.39 is 17.1 Å². The highest BCUT2D eigenvalue weighted by atomic mass is 16.3. The van der Waals surface area contributed by atoms with Crippen LogP contribution >= 0.6 is 0 Å². The second-order valence-electron chi connectivity index (χ2n) is 3.56. The molecule has 0 radical (unpaired) electrons. The van der Waals surface area contributed by atoms with Crippen LogP contribution in [0.1, 0.15) is 11.1 Å². The van der Waals surface area contributed by atoms with Crippen molar-refractivity contribution in [3.05, 3.63) is 56.2 Å². The van der Waals surface area contributed by atoms with Crippen LogP contribution in [0.15, 0.2) is 38.8 Å². The van der Waals surface area contributed by atoms with Crippen molar-refractivity contribution < 1.29 is 5.11 Å². The number of benzene rings is 1. The van der Waals surface area contributed by atoms with Crippen molar-refractivity contribution in [1.29, 1.82) is 5.26 Å². The van der Waals surface area contributed by atoms with E-state index in [1.165, 1.54) is 0 Å². The van der Waals surface area contributed by atoms with Gasteiger partial charge in [-0.25, -0.2) is 4.79 Å². The van der Waals surface area contributed by atoms with E-state index in [4.69, 9.17) is 5.26 Å². The molecule has 3 N–H and O–H groups in total. The number of hydrogen-bond acceptors (Lipinski definition) is 5. The van der Waals surface area contributed by atoms with E-state index in [1.54, 1.807) is 24.3 Å². The summed E-state index contributed by atoms with van der Waals surface area (Å²) in [5, 5.41) is 18.3. The molecule has 7 nitrogen and oxygen atoms in total.